The van der Waals surface area contributed by atoms with E-state index in [2.05, 4.69) is 34.9 Å². The molecule has 4 atom stereocenters. The third-order valence-corrected chi connectivity index (χ3v) is 7.52. The van der Waals surface area contributed by atoms with E-state index in [-0.39, 0.29) is 36.9 Å². The van der Waals surface area contributed by atoms with Crippen molar-refractivity contribution in [1.82, 2.24) is 10.6 Å². The molecule has 172 valence electrons. The summed E-state index contributed by atoms with van der Waals surface area (Å²) < 4.78 is 5.63. The summed E-state index contributed by atoms with van der Waals surface area (Å²) in [5.41, 5.74) is 4.23. The van der Waals surface area contributed by atoms with Crippen LogP contribution in [0.2, 0.25) is 0 Å². The number of hydrogen-bond donors (Lipinski definition) is 3. The van der Waals surface area contributed by atoms with E-state index in [1.54, 1.807) is 6.92 Å². The van der Waals surface area contributed by atoms with Gasteiger partial charge in [0.2, 0.25) is 5.91 Å². The smallest absolute Gasteiger partial charge is 0.407 e. The number of hydrogen-bond acceptors (Lipinski definition) is 4. The minimum Gasteiger partial charge on any atom is -0.481 e. The van der Waals surface area contributed by atoms with E-state index in [4.69, 9.17) is 9.84 Å². The molecule has 0 spiro atoms. The van der Waals surface area contributed by atoms with Gasteiger partial charge in [0.05, 0.1) is 11.3 Å². The van der Waals surface area contributed by atoms with E-state index in [0.29, 0.717) is 6.42 Å². The molecule has 7 heteroatoms. The number of fused-ring (bicyclic) bond motifs is 4. The normalized spacial score (nSPS) is 25.4. The van der Waals surface area contributed by atoms with Crippen molar-refractivity contribution in [3.8, 4) is 11.1 Å². The molecule has 0 bridgehead atoms. The van der Waals surface area contributed by atoms with Crippen LogP contribution in [0.4, 0.5) is 4.79 Å². The van der Waals surface area contributed by atoms with Crippen molar-refractivity contribution < 1.29 is 24.2 Å². The number of alkyl carbamates (subject to hydrolysis) is 1. The van der Waals surface area contributed by atoms with Crippen LogP contribution in [0.5, 0.6) is 0 Å². The average molecular weight is 449 g/mol. The molecule has 0 aromatic heterocycles. The van der Waals surface area contributed by atoms with Gasteiger partial charge in [-0.1, -0.05) is 55.5 Å². The second-order valence-electron chi connectivity index (χ2n) is 9.61. The molecule has 3 aliphatic rings. The van der Waals surface area contributed by atoms with Crippen LogP contribution in [-0.4, -0.2) is 42.3 Å². The summed E-state index contributed by atoms with van der Waals surface area (Å²) in [5, 5.41) is 14.7. The molecule has 2 aromatic carbocycles. The first-order chi connectivity index (χ1) is 15.9. The molecular formula is C26H28N2O5. The fourth-order valence-corrected chi connectivity index (χ4v) is 5.60. The van der Waals surface area contributed by atoms with E-state index < -0.39 is 23.4 Å². The lowest BCUT2D eigenvalue weighted by molar-refractivity contribution is -0.141. The summed E-state index contributed by atoms with van der Waals surface area (Å²) in [4.78, 5) is 36.2. The average Bonchev–Trinajstić information content (AvgIpc) is 3.24. The number of nitrogens with one attached hydrogen (secondary N) is 2. The van der Waals surface area contributed by atoms with Crippen LogP contribution < -0.4 is 10.6 Å². The topological polar surface area (TPSA) is 105 Å². The van der Waals surface area contributed by atoms with E-state index in [0.717, 1.165) is 12.8 Å². The van der Waals surface area contributed by atoms with Crippen molar-refractivity contribution in [3.63, 3.8) is 0 Å². The van der Waals surface area contributed by atoms with Crippen molar-refractivity contribution in [2.45, 2.75) is 38.1 Å². The van der Waals surface area contributed by atoms with Crippen molar-refractivity contribution in [2.75, 3.05) is 13.2 Å². The molecular weight excluding hydrogens is 420 g/mol. The molecule has 0 saturated heterocycles. The van der Waals surface area contributed by atoms with Crippen LogP contribution in [0, 0.1) is 17.3 Å². The van der Waals surface area contributed by atoms with Crippen LogP contribution in [0.15, 0.2) is 48.5 Å². The second kappa shape index (κ2) is 8.21. The number of benzene rings is 2. The zero-order chi connectivity index (χ0) is 23.2. The van der Waals surface area contributed by atoms with Gasteiger partial charge in [-0.15, -0.1) is 0 Å². The number of carboxylic acid groups (broad SMARTS) is 1. The Hall–Kier alpha value is -3.35. The van der Waals surface area contributed by atoms with Gasteiger partial charge >= 0.3 is 12.1 Å². The monoisotopic (exact) mass is 448 g/mol. The maximum atomic E-state index is 12.7. The quantitative estimate of drug-likeness (QED) is 0.601. The van der Waals surface area contributed by atoms with Crippen LogP contribution in [0.1, 0.15) is 43.2 Å². The highest BCUT2D eigenvalue weighted by Crippen LogP contribution is 2.63. The summed E-state index contributed by atoms with van der Waals surface area (Å²) >= 11 is 0. The van der Waals surface area contributed by atoms with Crippen molar-refractivity contribution >= 4 is 18.0 Å². The standard InChI is InChI=1S/C26H28N2O5/c1-15(23(29)30)13-27-24(31)26-11-16(26)10-17(12-26)28-25(32)33-14-22-20-8-4-2-6-18(20)19-7-3-5-9-21(19)22/h2-9,15-17,22H,10-14H2,1H3,(H,27,31)(H,28,32)(H,29,30). The molecule has 5 rings (SSSR count). The highest BCUT2D eigenvalue weighted by molar-refractivity contribution is 5.87. The van der Waals surface area contributed by atoms with Gasteiger partial charge in [0.1, 0.15) is 6.61 Å². The first-order valence-corrected chi connectivity index (χ1v) is 11.5. The molecule has 2 saturated carbocycles. The highest BCUT2D eigenvalue weighted by atomic mass is 16.5. The highest BCUT2D eigenvalue weighted by Gasteiger charge is 2.65. The molecule has 0 radical (unpaired) electrons. The van der Waals surface area contributed by atoms with Gasteiger partial charge in [-0.2, -0.15) is 0 Å². The third-order valence-electron chi connectivity index (χ3n) is 7.52. The van der Waals surface area contributed by atoms with Gasteiger partial charge in [0, 0.05) is 18.5 Å². The SMILES string of the molecule is CC(CNC(=O)C12CC(NC(=O)OCC3c4ccccc4-c4ccccc43)CC1C2)C(=O)O. The summed E-state index contributed by atoms with van der Waals surface area (Å²) in [6.07, 6.45) is 1.64. The Bertz CT molecular complexity index is 1070. The Balaban J connectivity index is 1.15. The Morgan fingerprint density at radius 2 is 1.70 bits per heavy atom. The fraction of sp³-hybridized carbons (Fsp3) is 0.423. The number of carbonyl (C=O) groups excluding carboxylic acids is 2. The van der Waals surface area contributed by atoms with Crippen molar-refractivity contribution in [3.05, 3.63) is 59.7 Å². The minimum atomic E-state index is -0.929. The van der Waals surface area contributed by atoms with Gasteiger partial charge in [0.25, 0.3) is 0 Å². The zero-order valence-electron chi connectivity index (χ0n) is 18.5. The van der Waals surface area contributed by atoms with Crippen LogP contribution in [-0.2, 0) is 14.3 Å². The lowest BCUT2D eigenvalue weighted by Gasteiger charge is -2.19. The largest absolute Gasteiger partial charge is 0.481 e. The van der Waals surface area contributed by atoms with E-state index in [9.17, 15) is 14.4 Å². The fourth-order valence-electron chi connectivity index (χ4n) is 5.60. The molecule has 7 nitrogen and oxygen atoms in total. The maximum absolute atomic E-state index is 12.7. The van der Waals surface area contributed by atoms with Gasteiger partial charge in [-0.3, -0.25) is 9.59 Å². The van der Waals surface area contributed by atoms with Crippen LogP contribution in [0.25, 0.3) is 11.1 Å². The van der Waals surface area contributed by atoms with E-state index in [1.807, 2.05) is 24.3 Å². The second-order valence-corrected chi connectivity index (χ2v) is 9.61. The van der Waals surface area contributed by atoms with Gasteiger partial charge in [-0.05, 0) is 47.4 Å². The van der Waals surface area contributed by atoms with Crippen molar-refractivity contribution in [1.29, 1.82) is 0 Å². The Labute approximate surface area is 192 Å². The third kappa shape index (κ3) is 3.86. The number of carboxylic acids is 1. The molecule has 3 N–H and O–H groups in total. The van der Waals surface area contributed by atoms with E-state index in [1.165, 1.54) is 22.3 Å². The first-order valence-electron chi connectivity index (χ1n) is 11.5. The minimum absolute atomic E-state index is 0.00785. The Morgan fingerprint density at radius 1 is 1.06 bits per heavy atom. The Kier molecular flexibility index (Phi) is 5.35. The summed E-state index contributed by atoms with van der Waals surface area (Å²) in [6, 6.07) is 16.3. The predicted octanol–water partition coefficient (Wildman–Crippen LogP) is 3.53. The zero-order valence-corrected chi connectivity index (χ0v) is 18.5. The number of carbonyl (C=O) groups is 3. The van der Waals surface area contributed by atoms with Gasteiger partial charge in [-0.25, -0.2) is 4.79 Å². The molecule has 3 aliphatic carbocycles. The predicted molar refractivity (Wildman–Crippen MR) is 122 cm³/mol. The van der Waals surface area contributed by atoms with Crippen molar-refractivity contribution in [2.24, 2.45) is 17.3 Å². The lowest BCUT2D eigenvalue weighted by atomic mass is 9.98. The van der Waals surface area contributed by atoms with Gasteiger partial charge in [0.15, 0.2) is 0 Å². The van der Waals surface area contributed by atoms with Gasteiger partial charge < -0.3 is 20.5 Å². The van der Waals surface area contributed by atoms with E-state index >= 15 is 0 Å². The summed E-state index contributed by atoms with van der Waals surface area (Å²) in [6.45, 7) is 1.95. The first kappa shape index (κ1) is 21.5. The molecule has 2 aromatic rings. The molecule has 0 heterocycles. The molecule has 2 amide bonds. The molecule has 0 aliphatic heterocycles. The number of amides is 2. The number of aliphatic carboxylic acids is 1. The molecule has 2 fully saturated rings. The number of rotatable bonds is 7. The lowest BCUT2D eigenvalue weighted by Crippen LogP contribution is -2.39. The summed E-state index contributed by atoms with van der Waals surface area (Å²) in [5.74, 6) is -1.41. The maximum Gasteiger partial charge on any atom is 0.407 e. The van der Waals surface area contributed by atoms with Crippen LogP contribution in [0.3, 0.4) is 0 Å². The van der Waals surface area contributed by atoms with Crippen LogP contribution >= 0.6 is 0 Å². The summed E-state index contributed by atoms with van der Waals surface area (Å²) in [7, 11) is 0. The number of ether oxygens (including phenoxy) is 1. The molecule has 33 heavy (non-hydrogen) atoms. The Morgan fingerprint density at radius 3 is 2.33 bits per heavy atom. The molecule has 4 unspecified atom stereocenters.